The Kier molecular flexibility index (Phi) is 6.72. The summed E-state index contributed by atoms with van der Waals surface area (Å²) in [6.07, 6.45) is 2.97. The highest BCUT2D eigenvalue weighted by atomic mass is 16.5. The summed E-state index contributed by atoms with van der Waals surface area (Å²) in [5.41, 5.74) is 0.875. The van der Waals surface area contributed by atoms with Crippen LogP contribution >= 0.6 is 0 Å². The Hall–Kier alpha value is -4.46. The first-order valence-corrected chi connectivity index (χ1v) is 12.3. The van der Waals surface area contributed by atoms with Gasteiger partial charge < -0.3 is 29.0 Å². The van der Waals surface area contributed by atoms with Gasteiger partial charge in [0.05, 0.1) is 27.9 Å². The molecule has 1 amide bonds. The third-order valence-electron chi connectivity index (χ3n) is 7.05. The fourth-order valence-electron chi connectivity index (χ4n) is 5.14. The molecule has 0 fully saturated rings. The second-order valence-electron chi connectivity index (χ2n) is 9.21. The zero-order chi connectivity index (χ0) is 26.9. The van der Waals surface area contributed by atoms with Gasteiger partial charge >= 0.3 is 0 Å². The van der Waals surface area contributed by atoms with Gasteiger partial charge in [0.2, 0.25) is 0 Å². The maximum Gasteiger partial charge on any atom is 0.290 e. The molecule has 3 aromatic rings. The van der Waals surface area contributed by atoms with Gasteiger partial charge in [0.1, 0.15) is 11.5 Å². The van der Waals surface area contributed by atoms with Crippen molar-refractivity contribution in [1.29, 1.82) is 0 Å². The number of rotatable bonds is 8. The Morgan fingerprint density at radius 3 is 2.58 bits per heavy atom. The van der Waals surface area contributed by atoms with Crippen molar-refractivity contribution in [3.8, 4) is 23.0 Å². The van der Waals surface area contributed by atoms with Crippen LogP contribution < -0.4 is 18.9 Å². The van der Waals surface area contributed by atoms with Crippen LogP contribution in [0.1, 0.15) is 33.5 Å². The number of hydrogen-bond donors (Lipinski definition) is 1. The number of carbonyl (C=O) groups is 2. The van der Waals surface area contributed by atoms with E-state index in [0.717, 1.165) is 29.7 Å². The number of aliphatic hydroxyl groups is 1. The molecule has 8 nitrogen and oxygen atoms in total. The van der Waals surface area contributed by atoms with Gasteiger partial charge in [-0.15, -0.1) is 0 Å². The molecule has 0 radical (unpaired) electrons. The van der Waals surface area contributed by atoms with E-state index in [2.05, 4.69) is 0 Å². The Labute approximate surface area is 221 Å². The average Bonchev–Trinajstić information content (AvgIpc) is 3.21. The van der Waals surface area contributed by atoms with Gasteiger partial charge in [-0.25, -0.2) is 0 Å². The van der Waals surface area contributed by atoms with Crippen molar-refractivity contribution in [1.82, 2.24) is 4.90 Å². The Bertz CT molecular complexity index is 1430. The molecular formula is C30H29NO7. The number of aliphatic hydroxyl groups excluding tert-OH is 1. The van der Waals surface area contributed by atoms with Crippen molar-refractivity contribution in [2.24, 2.45) is 0 Å². The van der Waals surface area contributed by atoms with Crippen molar-refractivity contribution in [2.75, 3.05) is 27.9 Å². The molecule has 3 aromatic carbocycles. The highest BCUT2D eigenvalue weighted by Gasteiger charge is 2.53. The number of ketones is 1. The van der Waals surface area contributed by atoms with E-state index >= 15 is 0 Å². The second-order valence-corrected chi connectivity index (χ2v) is 9.21. The first-order valence-electron chi connectivity index (χ1n) is 12.3. The van der Waals surface area contributed by atoms with E-state index in [9.17, 15) is 14.7 Å². The molecular weight excluding hydrogens is 486 g/mol. The first-order chi connectivity index (χ1) is 18.4. The molecule has 196 valence electrons. The molecule has 5 rings (SSSR count). The smallest absolute Gasteiger partial charge is 0.290 e. The van der Waals surface area contributed by atoms with Crippen LogP contribution in [0, 0.1) is 0 Å². The zero-order valence-corrected chi connectivity index (χ0v) is 21.5. The monoisotopic (exact) mass is 515 g/mol. The Morgan fingerprint density at radius 1 is 1.00 bits per heavy atom. The van der Waals surface area contributed by atoms with E-state index in [1.807, 2.05) is 18.2 Å². The summed E-state index contributed by atoms with van der Waals surface area (Å²) in [7, 11) is 4.58. The maximum atomic E-state index is 14.5. The first kappa shape index (κ1) is 25.2. The normalized spacial score (nSPS) is 18.3. The van der Waals surface area contributed by atoms with Crippen LogP contribution in [0.5, 0.6) is 23.0 Å². The van der Waals surface area contributed by atoms with Crippen LogP contribution in [0.25, 0.3) is 0 Å². The lowest BCUT2D eigenvalue weighted by atomic mass is 9.81. The summed E-state index contributed by atoms with van der Waals surface area (Å²) in [6.45, 7) is 0.681. The third kappa shape index (κ3) is 4.22. The largest absolute Gasteiger partial charge is 0.503 e. The molecule has 8 heteroatoms. The number of fused-ring (bicyclic) bond motifs is 1. The molecule has 2 aliphatic heterocycles. The van der Waals surface area contributed by atoms with E-state index < -0.39 is 17.2 Å². The average molecular weight is 516 g/mol. The van der Waals surface area contributed by atoms with Gasteiger partial charge in [-0.1, -0.05) is 18.2 Å². The standard InChI is InChI=1S/C30H29NO7/c1-35-23-8-4-6-19(14-23)18-31-29(34)24(32)17-30(31,22-10-12-26(36-2)27(16-22)37-3)28(33)21-9-11-25-20(15-21)7-5-13-38-25/h4,6,8-12,14-17,32H,5,7,13,18H2,1-3H3. The molecule has 1 N–H and O–H groups in total. The minimum atomic E-state index is -1.65. The lowest BCUT2D eigenvalue weighted by molar-refractivity contribution is -0.131. The summed E-state index contributed by atoms with van der Waals surface area (Å²) < 4.78 is 22.0. The topological polar surface area (TPSA) is 94.5 Å². The molecule has 0 saturated heterocycles. The van der Waals surface area contributed by atoms with Crippen LogP contribution in [-0.4, -0.2) is 49.6 Å². The molecule has 0 bridgehead atoms. The number of hydrogen-bond acceptors (Lipinski definition) is 7. The molecule has 0 saturated carbocycles. The number of nitrogens with zero attached hydrogens (tertiary/aromatic N) is 1. The predicted octanol–water partition coefficient (Wildman–Crippen LogP) is 4.60. The Balaban J connectivity index is 1.69. The van der Waals surface area contributed by atoms with E-state index in [4.69, 9.17) is 18.9 Å². The molecule has 0 aromatic heterocycles. The van der Waals surface area contributed by atoms with Crippen molar-refractivity contribution >= 4 is 11.7 Å². The minimum absolute atomic E-state index is 0.0464. The fourth-order valence-corrected chi connectivity index (χ4v) is 5.14. The Morgan fingerprint density at radius 2 is 1.82 bits per heavy atom. The van der Waals surface area contributed by atoms with Crippen molar-refractivity contribution < 1.29 is 33.6 Å². The quantitative estimate of drug-likeness (QED) is 0.438. The number of Topliss-reactive ketones (excluding diaryl/α,β-unsaturated/α-hetero) is 1. The zero-order valence-electron chi connectivity index (χ0n) is 21.5. The highest BCUT2D eigenvalue weighted by Crippen LogP contribution is 2.44. The minimum Gasteiger partial charge on any atom is -0.503 e. The van der Waals surface area contributed by atoms with E-state index in [0.29, 0.717) is 35.0 Å². The van der Waals surface area contributed by atoms with Gasteiger partial charge in [-0.3, -0.25) is 9.59 Å². The van der Waals surface area contributed by atoms with Gasteiger partial charge in [-0.05, 0) is 72.0 Å². The summed E-state index contributed by atoms with van der Waals surface area (Å²) in [5.74, 6) is 0.713. The van der Waals surface area contributed by atoms with E-state index in [1.54, 1.807) is 49.6 Å². The van der Waals surface area contributed by atoms with E-state index in [-0.39, 0.29) is 12.3 Å². The number of ether oxygens (including phenoxy) is 4. The lowest BCUT2D eigenvalue weighted by Gasteiger charge is -2.37. The maximum absolute atomic E-state index is 14.5. The summed E-state index contributed by atoms with van der Waals surface area (Å²) in [5, 5.41) is 10.8. The molecule has 1 unspecified atom stereocenters. The SMILES string of the molecule is COc1cccc(CN2C(=O)C(O)=CC2(C(=O)c2ccc3c(c2)CCCO3)c2ccc(OC)c(OC)c2)c1. The van der Waals surface area contributed by atoms with Gasteiger partial charge in [0, 0.05) is 18.2 Å². The van der Waals surface area contributed by atoms with Crippen LogP contribution in [0.4, 0.5) is 0 Å². The van der Waals surface area contributed by atoms with Gasteiger partial charge in [0.15, 0.2) is 28.6 Å². The van der Waals surface area contributed by atoms with Crippen LogP contribution in [0.3, 0.4) is 0 Å². The van der Waals surface area contributed by atoms with Gasteiger partial charge in [-0.2, -0.15) is 0 Å². The van der Waals surface area contributed by atoms with Crippen LogP contribution in [-0.2, 0) is 23.3 Å². The third-order valence-corrected chi connectivity index (χ3v) is 7.05. The summed E-state index contributed by atoms with van der Waals surface area (Å²) >= 11 is 0. The second kappa shape index (κ2) is 10.1. The number of aryl methyl sites for hydroxylation is 1. The summed E-state index contributed by atoms with van der Waals surface area (Å²) in [4.78, 5) is 29.4. The van der Waals surface area contributed by atoms with Crippen molar-refractivity contribution in [2.45, 2.75) is 24.9 Å². The molecule has 2 aliphatic rings. The van der Waals surface area contributed by atoms with Crippen molar-refractivity contribution in [3.63, 3.8) is 0 Å². The van der Waals surface area contributed by atoms with Crippen molar-refractivity contribution in [3.05, 3.63) is 94.8 Å². The molecule has 38 heavy (non-hydrogen) atoms. The molecule has 0 aliphatic carbocycles. The lowest BCUT2D eigenvalue weighted by Crippen LogP contribution is -2.49. The number of benzene rings is 3. The summed E-state index contributed by atoms with van der Waals surface area (Å²) in [6, 6.07) is 17.6. The van der Waals surface area contributed by atoms with Crippen LogP contribution in [0.2, 0.25) is 0 Å². The van der Waals surface area contributed by atoms with Gasteiger partial charge in [0.25, 0.3) is 5.91 Å². The number of carbonyl (C=O) groups excluding carboxylic acids is 2. The van der Waals surface area contributed by atoms with Crippen LogP contribution in [0.15, 0.2) is 72.5 Å². The number of amides is 1. The highest BCUT2D eigenvalue weighted by molar-refractivity contribution is 6.11. The van der Waals surface area contributed by atoms with E-state index in [1.165, 1.54) is 25.2 Å². The molecule has 1 atom stereocenters. The molecule has 2 heterocycles. The fraction of sp³-hybridized carbons (Fsp3) is 0.267. The molecule has 0 spiro atoms. The number of methoxy groups -OCH3 is 3. The predicted molar refractivity (Wildman–Crippen MR) is 140 cm³/mol.